The molecule has 1 unspecified atom stereocenters. The average Bonchev–Trinajstić information content (AvgIpc) is 3.18. The Morgan fingerprint density at radius 3 is 2.61 bits per heavy atom. The zero-order chi connectivity index (χ0) is 13.0. The van der Waals surface area contributed by atoms with Crippen LogP contribution in [0.1, 0.15) is 37.3 Å². The summed E-state index contributed by atoms with van der Waals surface area (Å²) in [4.78, 5) is 11.8. The van der Waals surface area contributed by atoms with Gasteiger partial charge in [-0.05, 0) is 42.9 Å². The van der Waals surface area contributed by atoms with Crippen molar-refractivity contribution in [3.8, 4) is 0 Å². The molecule has 1 atom stereocenters. The van der Waals surface area contributed by atoms with E-state index < -0.39 is 5.97 Å². The lowest BCUT2D eigenvalue weighted by Crippen LogP contribution is -2.12. The van der Waals surface area contributed by atoms with Gasteiger partial charge in [-0.2, -0.15) is 0 Å². The second-order valence-electron chi connectivity index (χ2n) is 4.86. The lowest BCUT2D eigenvalue weighted by Gasteiger charge is -2.11. The molecule has 0 bridgehead atoms. The maximum Gasteiger partial charge on any atom is 0.303 e. The Balaban J connectivity index is 1.83. The standard InChI is InChI=1S/C14H19NO2S/c15-13(7-8-14(16)17)11-3-5-12(6-4-11)18-9-10-1-2-10/h3-6,10,13H,1-2,7-9,15H2,(H,16,17). The largest absolute Gasteiger partial charge is 0.481 e. The Morgan fingerprint density at radius 2 is 2.06 bits per heavy atom. The summed E-state index contributed by atoms with van der Waals surface area (Å²) in [5, 5.41) is 8.62. The molecule has 1 aliphatic carbocycles. The maximum atomic E-state index is 10.5. The first-order valence-corrected chi connectivity index (χ1v) is 7.34. The number of carboxylic acids is 1. The highest BCUT2D eigenvalue weighted by Gasteiger charge is 2.21. The minimum Gasteiger partial charge on any atom is -0.481 e. The van der Waals surface area contributed by atoms with Gasteiger partial charge in [0.25, 0.3) is 0 Å². The monoisotopic (exact) mass is 265 g/mol. The summed E-state index contributed by atoms with van der Waals surface area (Å²) in [6, 6.07) is 8.03. The number of hydrogen-bond donors (Lipinski definition) is 2. The molecule has 2 rings (SSSR count). The molecule has 0 saturated heterocycles. The lowest BCUT2D eigenvalue weighted by molar-refractivity contribution is -0.137. The minimum atomic E-state index is -0.790. The second kappa shape index (κ2) is 6.25. The van der Waals surface area contributed by atoms with Crippen molar-refractivity contribution in [3.63, 3.8) is 0 Å². The third kappa shape index (κ3) is 4.35. The predicted molar refractivity (Wildman–Crippen MR) is 73.7 cm³/mol. The van der Waals surface area contributed by atoms with Crippen LogP contribution in [0, 0.1) is 5.92 Å². The summed E-state index contributed by atoms with van der Waals surface area (Å²) < 4.78 is 0. The number of hydrogen-bond acceptors (Lipinski definition) is 3. The SMILES string of the molecule is NC(CCC(=O)O)c1ccc(SCC2CC2)cc1. The molecule has 0 heterocycles. The van der Waals surface area contributed by atoms with Crippen molar-refractivity contribution in [2.45, 2.75) is 36.6 Å². The van der Waals surface area contributed by atoms with E-state index in [4.69, 9.17) is 10.8 Å². The molecular formula is C14H19NO2S. The van der Waals surface area contributed by atoms with Gasteiger partial charge >= 0.3 is 5.97 Å². The van der Waals surface area contributed by atoms with Gasteiger partial charge in [0.1, 0.15) is 0 Å². The van der Waals surface area contributed by atoms with Crippen LogP contribution >= 0.6 is 11.8 Å². The first-order valence-electron chi connectivity index (χ1n) is 6.35. The van der Waals surface area contributed by atoms with Crippen LogP contribution in [0.3, 0.4) is 0 Å². The van der Waals surface area contributed by atoms with Gasteiger partial charge in [0.05, 0.1) is 0 Å². The third-order valence-electron chi connectivity index (χ3n) is 3.16. The fourth-order valence-electron chi connectivity index (χ4n) is 1.76. The zero-order valence-electron chi connectivity index (χ0n) is 10.3. The van der Waals surface area contributed by atoms with Gasteiger partial charge < -0.3 is 10.8 Å². The highest BCUT2D eigenvalue weighted by Crippen LogP contribution is 2.35. The summed E-state index contributed by atoms with van der Waals surface area (Å²) >= 11 is 1.89. The summed E-state index contributed by atoms with van der Waals surface area (Å²) in [7, 11) is 0. The van der Waals surface area contributed by atoms with Crippen molar-refractivity contribution in [1.82, 2.24) is 0 Å². The molecule has 0 aromatic heterocycles. The maximum absolute atomic E-state index is 10.5. The first-order chi connectivity index (χ1) is 8.65. The number of benzene rings is 1. The first kappa shape index (κ1) is 13.4. The van der Waals surface area contributed by atoms with Gasteiger partial charge in [0.2, 0.25) is 0 Å². The second-order valence-corrected chi connectivity index (χ2v) is 5.96. The molecular weight excluding hydrogens is 246 g/mol. The summed E-state index contributed by atoms with van der Waals surface area (Å²) in [6.45, 7) is 0. The average molecular weight is 265 g/mol. The van der Waals surface area contributed by atoms with Gasteiger partial charge in [-0.3, -0.25) is 4.79 Å². The number of carboxylic acid groups (broad SMARTS) is 1. The highest BCUT2D eigenvalue weighted by molar-refractivity contribution is 7.99. The van der Waals surface area contributed by atoms with Crippen molar-refractivity contribution < 1.29 is 9.90 Å². The van der Waals surface area contributed by atoms with Crippen molar-refractivity contribution in [2.75, 3.05) is 5.75 Å². The van der Waals surface area contributed by atoms with E-state index in [1.54, 1.807) is 0 Å². The molecule has 0 aliphatic heterocycles. The molecule has 0 radical (unpaired) electrons. The number of aliphatic carboxylic acids is 1. The number of nitrogens with two attached hydrogens (primary N) is 1. The predicted octanol–water partition coefficient (Wildman–Crippen LogP) is 3.05. The fraction of sp³-hybridized carbons (Fsp3) is 0.500. The van der Waals surface area contributed by atoms with Crippen LogP contribution in [0.4, 0.5) is 0 Å². The molecule has 1 aromatic carbocycles. The molecule has 18 heavy (non-hydrogen) atoms. The Bertz CT molecular complexity index is 401. The van der Waals surface area contributed by atoms with Crippen molar-refractivity contribution in [1.29, 1.82) is 0 Å². The van der Waals surface area contributed by atoms with E-state index in [0.29, 0.717) is 6.42 Å². The van der Waals surface area contributed by atoms with Crippen molar-refractivity contribution >= 4 is 17.7 Å². The smallest absolute Gasteiger partial charge is 0.303 e. The zero-order valence-corrected chi connectivity index (χ0v) is 11.2. The lowest BCUT2D eigenvalue weighted by atomic mass is 10.0. The Hall–Kier alpha value is -1.00. The molecule has 1 aromatic rings. The van der Waals surface area contributed by atoms with Gasteiger partial charge in [0.15, 0.2) is 0 Å². The molecule has 1 fully saturated rings. The Labute approximate surface area is 112 Å². The number of rotatable bonds is 7. The van der Waals surface area contributed by atoms with Crippen LogP contribution in [-0.4, -0.2) is 16.8 Å². The normalized spacial score (nSPS) is 16.5. The van der Waals surface area contributed by atoms with Gasteiger partial charge in [-0.25, -0.2) is 0 Å². The summed E-state index contributed by atoms with van der Waals surface area (Å²) in [5.41, 5.74) is 6.98. The molecule has 3 N–H and O–H groups in total. The van der Waals surface area contributed by atoms with Crippen LogP contribution < -0.4 is 5.73 Å². The molecule has 0 amide bonds. The van der Waals surface area contributed by atoms with Crippen LogP contribution in [0.15, 0.2) is 29.2 Å². The topological polar surface area (TPSA) is 63.3 Å². The molecule has 0 spiro atoms. The van der Waals surface area contributed by atoms with E-state index in [2.05, 4.69) is 12.1 Å². The van der Waals surface area contributed by atoms with Crippen molar-refractivity contribution in [2.24, 2.45) is 11.7 Å². The quantitative estimate of drug-likeness (QED) is 0.744. The highest BCUT2D eigenvalue weighted by atomic mass is 32.2. The van der Waals surface area contributed by atoms with E-state index in [0.717, 1.165) is 11.5 Å². The van der Waals surface area contributed by atoms with E-state index in [1.165, 1.54) is 23.5 Å². The molecule has 1 aliphatic rings. The van der Waals surface area contributed by atoms with Gasteiger partial charge in [-0.15, -0.1) is 11.8 Å². The Morgan fingerprint density at radius 1 is 1.39 bits per heavy atom. The van der Waals surface area contributed by atoms with Crippen LogP contribution in [0.25, 0.3) is 0 Å². The van der Waals surface area contributed by atoms with Crippen LogP contribution in [-0.2, 0) is 4.79 Å². The summed E-state index contributed by atoms with van der Waals surface area (Å²) in [5.74, 6) is 1.35. The molecule has 98 valence electrons. The molecule has 3 nitrogen and oxygen atoms in total. The van der Waals surface area contributed by atoms with Crippen LogP contribution in [0.5, 0.6) is 0 Å². The molecule has 4 heteroatoms. The van der Waals surface area contributed by atoms with E-state index in [9.17, 15) is 4.79 Å². The molecule has 1 saturated carbocycles. The van der Waals surface area contributed by atoms with E-state index in [-0.39, 0.29) is 12.5 Å². The Kier molecular flexibility index (Phi) is 4.66. The number of carbonyl (C=O) groups is 1. The van der Waals surface area contributed by atoms with Gasteiger partial charge in [0, 0.05) is 23.1 Å². The van der Waals surface area contributed by atoms with E-state index in [1.807, 2.05) is 23.9 Å². The summed E-state index contributed by atoms with van der Waals surface area (Å²) in [6.07, 6.45) is 3.37. The fourth-order valence-corrected chi connectivity index (χ4v) is 2.85. The van der Waals surface area contributed by atoms with E-state index >= 15 is 0 Å². The van der Waals surface area contributed by atoms with Crippen molar-refractivity contribution in [3.05, 3.63) is 29.8 Å². The van der Waals surface area contributed by atoms with Gasteiger partial charge in [-0.1, -0.05) is 12.1 Å². The third-order valence-corrected chi connectivity index (χ3v) is 4.40. The van der Waals surface area contributed by atoms with Crippen LogP contribution in [0.2, 0.25) is 0 Å². The number of thioether (sulfide) groups is 1. The minimum absolute atomic E-state index is 0.124.